The van der Waals surface area contributed by atoms with Crippen LogP contribution < -0.4 is 10.6 Å². The lowest BCUT2D eigenvalue weighted by molar-refractivity contribution is 0.526. The van der Waals surface area contributed by atoms with E-state index in [1.54, 1.807) is 0 Å². The molecular weight excluding hydrogens is 252 g/mol. The summed E-state index contributed by atoms with van der Waals surface area (Å²) in [5.74, 6) is 1.44. The van der Waals surface area contributed by atoms with Crippen LogP contribution in [0.1, 0.15) is 24.0 Å². The van der Waals surface area contributed by atoms with E-state index in [0.29, 0.717) is 12.0 Å². The normalized spacial score (nSPS) is 27.6. The van der Waals surface area contributed by atoms with Crippen molar-refractivity contribution in [1.29, 1.82) is 0 Å². The van der Waals surface area contributed by atoms with Gasteiger partial charge in [0.2, 0.25) is 0 Å². The zero-order valence-corrected chi connectivity index (χ0v) is 12.3. The van der Waals surface area contributed by atoms with E-state index in [2.05, 4.69) is 54.8 Å². The molecule has 2 aliphatic rings. The van der Waals surface area contributed by atoms with Gasteiger partial charge < -0.3 is 10.6 Å². The second kappa shape index (κ2) is 4.97. The van der Waals surface area contributed by atoms with E-state index in [1.165, 1.54) is 24.0 Å². The van der Waals surface area contributed by atoms with Crippen molar-refractivity contribution in [1.82, 2.24) is 5.32 Å². The summed E-state index contributed by atoms with van der Waals surface area (Å²) in [5, 5.41) is 7.54. The van der Waals surface area contributed by atoms with Crippen LogP contribution >= 0.6 is 12.2 Å². The summed E-state index contributed by atoms with van der Waals surface area (Å²) in [5.41, 5.74) is 3.61. The van der Waals surface area contributed by atoms with Gasteiger partial charge >= 0.3 is 0 Å². The first-order valence-electron chi connectivity index (χ1n) is 6.95. The van der Waals surface area contributed by atoms with E-state index in [-0.39, 0.29) is 0 Å². The van der Waals surface area contributed by atoms with Crippen molar-refractivity contribution < 1.29 is 0 Å². The second-order valence-corrected chi connectivity index (χ2v) is 6.21. The molecule has 100 valence electrons. The maximum Gasteiger partial charge on any atom is 0.171 e. The largest absolute Gasteiger partial charge is 0.359 e. The molecule has 1 aromatic rings. The van der Waals surface area contributed by atoms with Gasteiger partial charge in [-0.3, -0.25) is 0 Å². The summed E-state index contributed by atoms with van der Waals surface area (Å²) in [6.45, 7) is 4.22. The van der Waals surface area contributed by atoms with Crippen LogP contribution in [0.5, 0.6) is 0 Å². The minimum absolute atomic E-state index is 0.515. The predicted octanol–water partition coefficient (Wildman–Crippen LogP) is 3.55. The number of aryl methyl sites for hydroxylation is 2. The summed E-state index contributed by atoms with van der Waals surface area (Å²) < 4.78 is 0. The summed E-state index contributed by atoms with van der Waals surface area (Å²) in [6.07, 6.45) is 7.20. The Morgan fingerprint density at radius 1 is 1.21 bits per heavy atom. The van der Waals surface area contributed by atoms with E-state index in [4.69, 9.17) is 12.2 Å². The summed E-state index contributed by atoms with van der Waals surface area (Å²) >= 11 is 5.43. The standard InChI is InChI=1S/C16H20N2S/c1-10-3-6-14(11(2)7-10)17-16(19)18-15-9-12-4-5-13(15)8-12/h3-7,12-13,15H,8-9H2,1-2H3,(H2,17,18,19). The number of rotatable bonds is 2. The van der Waals surface area contributed by atoms with Crippen molar-refractivity contribution in [3.8, 4) is 0 Å². The van der Waals surface area contributed by atoms with E-state index in [1.807, 2.05) is 0 Å². The Bertz CT molecular complexity index is 536. The number of fused-ring (bicyclic) bond motifs is 2. The highest BCUT2D eigenvalue weighted by Gasteiger charge is 2.35. The fraction of sp³-hybridized carbons (Fsp3) is 0.438. The second-order valence-electron chi connectivity index (χ2n) is 5.80. The van der Waals surface area contributed by atoms with Crippen LogP contribution in [0.25, 0.3) is 0 Å². The Kier molecular flexibility index (Phi) is 3.31. The van der Waals surface area contributed by atoms with E-state index < -0.39 is 0 Å². The number of allylic oxidation sites excluding steroid dienone is 1. The van der Waals surface area contributed by atoms with Crippen LogP contribution in [0.15, 0.2) is 30.4 Å². The minimum Gasteiger partial charge on any atom is -0.359 e. The Labute approximate surface area is 120 Å². The van der Waals surface area contributed by atoms with Crippen LogP contribution in [0.3, 0.4) is 0 Å². The van der Waals surface area contributed by atoms with Gasteiger partial charge in [0, 0.05) is 11.7 Å². The molecule has 2 bridgehead atoms. The van der Waals surface area contributed by atoms with Gasteiger partial charge in [0.1, 0.15) is 0 Å². The van der Waals surface area contributed by atoms with Crippen LogP contribution in [0.2, 0.25) is 0 Å². The zero-order valence-electron chi connectivity index (χ0n) is 11.4. The van der Waals surface area contributed by atoms with E-state index >= 15 is 0 Å². The van der Waals surface area contributed by atoms with Crippen molar-refractivity contribution >= 4 is 23.0 Å². The molecule has 3 rings (SSSR count). The minimum atomic E-state index is 0.515. The van der Waals surface area contributed by atoms with Gasteiger partial charge in [-0.1, -0.05) is 29.8 Å². The van der Waals surface area contributed by atoms with Gasteiger partial charge in [0.25, 0.3) is 0 Å². The Morgan fingerprint density at radius 2 is 2.05 bits per heavy atom. The molecule has 0 heterocycles. The highest BCUT2D eigenvalue weighted by atomic mass is 32.1. The van der Waals surface area contributed by atoms with E-state index in [9.17, 15) is 0 Å². The maximum absolute atomic E-state index is 5.43. The predicted molar refractivity (Wildman–Crippen MR) is 84.4 cm³/mol. The number of benzene rings is 1. The first-order chi connectivity index (χ1) is 9.11. The lowest BCUT2D eigenvalue weighted by atomic mass is 10.0. The van der Waals surface area contributed by atoms with Crippen molar-refractivity contribution in [2.75, 3.05) is 5.32 Å². The topological polar surface area (TPSA) is 24.1 Å². The van der Waals surface area contributed by atoms with Crippen molar-refractivity contribution in [3.05, 3.63) is 41.5 Å². The number of hydrogen-bond acceptors (Lipinski definition) is 1. The number of thiocarbonyl (C=S) groups is 1. The third kappa shape index (κ3) is 2.66. The number of anilines is 1. The highest BCUT2D eigenvalue weighted by molar-refractivity contribution is 7.80. The number of nitrogens with one attached hydrogen (secondary N) is 2. The number of hydrogen-bond donors (Lipinski definition) is 2. The SMILES string of the molecule is Cc1ccc(NC(=S)NC2CC3C=CC2C3)c(C)c1. The lowest BCUT2D eigenvalue weighted by Crippen LogP contribution is -2.40. The van der Waals surface area contributed by atoms with Crippen LogP contribution in [0, 0.1) is 25.7 Å². The molecule has 1 fully saturated rings. The molecule has 0 spiro atoms. The van der Waals surface area contributed by atoms with Gasteiger partial charge in [-0.15, -0.1) is 0 Å². The molecule has 19 heavy (non-hydrogen) atoms. The molecule has 2 N–H and O–H groups in total. The Balaban J connectivity index is 1.61. The first-order valence-corrected chi connectivity index (χ1v) is 7.36. The van der Waals surface area contributed by atoms with Gasteiger partial charge in [0.05, 0.1) is 0 Å². The average molecular weight is 272 g/mol. The molecule has 3 heteroatoms. The van der Waals surface area contributed by atoms with Crippen molar-refractivity contribution in [2.45, 2.75) is 32.7 Å². The van der Waals surface area contributed by atoms with E-state index in [0.717, 1.165) is 16.7 Å². The smallest absolute Gasteiger partial charge is 0.171 e. The molecule has 1 aromatic carbocycles. The molecule has 2 nitrogen and oxygen atoms in total. The molecule has 0 aliphatic heterocycles. The fourth-order valence-electron chi connectivity index (χ4n) is 3.23. The Hall–Kier alpha value is -1.35. The summed E-state index contributed by atoms with van der Waals surface area (Å²) in [4.78, 5) is 0. The molecule has 2 aliphatic carbocycles. The quantitative estimate of drug-likeness (QED) is 0.636. The third-order valence-corrected chi connectivity index (χ3v) is 4.45. The summed E-state index contributed by atoms with van der Waals surface area (Å²) in [6, 6.07) is 6.89. The fourth-order valence-corrected chi connectivity index (χ4v) is 3.49. The molecule has 3 atom stereocenters. The molecule has 0 radical (unpaired) electrons. The van der Waals surface area contributed by atoms with Crippen molar-refractivity contribution in [3.63, 3.8) is 0 Å². The zero-order chi connectivity index (χ0) is 13.4. The molecule has 0 saturated heterocycles. The maximum atomic E-state index is 5.43. The molecular formula is C16H20N2S. The first kappa shape index (κ1) is 12.7. The van der Waals surface area contributed by atoms with Crippen LogP contribution in [-0.2, 0) is 0 Å². The highest BCUT2D eigenvalue weighted by Crippen LogP contribution is 2.38. The molecule has 0 amide bonds. The molecule has 3 unspecified atom stereocenters. The molecule has 1 saturated carbocycles. The van der Waals surface area contributed by atoms with Gasteiger partial charge in [0.15, 0.2) is 5.11 Å². The van der Waals surface area contributed by atoms with Gasteiger partial charge in [-0.05, 0) is 62.4 Å². The van der Waals surface area contributed by atoms with Gasteiger partial charge in [-0.2, -0.15) is 0 Å². The monoisotopic (exact) mass is 272 g/mol. The third-order valence-electron chi connectivity index (χ3n) is 4.23. The molecule has 0 aromatic heterocycles. The average Bonchev–Trinajstić information content (AvgIpc) is 2.95. The van der Waals surface area contributed by atoms with Crippen LogP contribution in [-0.4, -0.2) is 11.2 Å². The van der Waals surface area contributed by atoms with Gasteiger partial charge in [-0.25, -0.2) is 0 Å². The van der Waals surface area contributed by atoms with Crippen molar-refractivity contribution in [2.24, 2.45) is 11.8 Å². The van der Waals surface area contributed by atoms with Crippen LogP contribution in [0.4, 0.5) is 5.69 Å². The summed E-state index contributed by atoms with van der Waals surface area (Å²) in [7, 11) is 0. The lowest BCUT2D eigenvalue weighted by Gasteiger charge is -2.22. The Morgan fingerprint density at radius 3 is 2.68 bits per heavy atom.